The average molecular weight is 443 g/mol. The summed E-state index contributed by atoms with van der Waals surface area (Å²) in [5, 5.41) is 13.2. The number of nitrogens with zero attached hydrogens (tertiary/aromatic N) is 3. The van der Waals surface area contributed by atoms with Crippen molar-refractivity contribution in [1.29, 1.82) is 5.26 Å². The van der Waals surface area contributed by atoms with Crippen molar-refractivity contribution in [3.63, 3.8) is 0 Å². The standard InChI is InChI=1S/C22H23ClN4O4/c23-16-2-4-17(5-3-16)29-15-18-6-7-20(30-18)22-26-19(14-24)21(31-22)25-8-1-9-27-10-12-28-13-11-27/h2-7,25H,1,8-13,15H2. The molecule has 0 unspecified atom stereocenters. The summed E-state index contributed by atoms with van der Waals surface area (Å²) in [5.74, 6) is 2.35. The lowest BCUT2D eigenvalue weighted by atomic mass is 10.3. The average Bonchev–Trinajstić information content (AvgIpc) is 3.44. The van der Waals surface area contributed by atoms with Gasteiger partial charge in [-0.25, -0.2) is 0 Å². The van der Waals surface area contributed by atoms with Crippen LogP contribution in [0.2, 0.25) is 5.02 Å². The molecular weight excluding hydrogens is 420 g/mol. The highest BCUT2D eigenvalue weighted by molar-refractivity contribution is 6.30. The van der Waals surface area contributed by atoms with Gasteiger partial charge in [-0.15, -0.1) is 0 Å². The van der Waals surface area contributed by atoms with E-state index in [1.807, 2.05) is 0 Å². The van der Waals surface area contributed by atoms with Gasteiger partial charge in [0, 0.05) is 24.7 Å². The number of oxazole rings is 1. The summed E-state index contributed by atoms with van der Waals surface area (Å²) in [7, 11) is 0. The van der Waals surface area contributed by atoms with Crippen molar-refractivity contribution in [2.45, 2.75) is 13.0 Å². The van der Waals surface area contributed by atoms with Gasteiger partial charge in [0.2, 0.25) is 11.6 Å². The van der Waals surface area contributed by atoms with Crippen LogP contribution in [0.1, 0.15) is 17.9 Å². The number of morpholine rings is 1. The van der Waals surface area contributed by atoms with Crippen LogP contribution in [0.3, 0.4) is 0 Å². The second-order valence-corrected chi connectivity index (χ2v) is 7.49. The van der Waals surface area contributed by atoms with Gasteiger partial charge in [0.15, 0.2) is 5.76 Å². The maximum atomic E-state index is 9.38. The molecule has 1 aromatic carbocycles. The van der Waals surface area contributed by atoms with Gasteiger partial charge in [0.25, 0.3) is 5.89 Å². The van der Waals surface area contributed by atoms with Crippen molar-refractivity contribution in [3.05, 3.63) is 52.9 Å². The third-order valence-electron chi connectivity index (χ3n) is 4.84. The molecule has 1 N–H and O–H groups in total. The lowest BCUT2D eigenvalue weighted by molar-refractivity contribution is 0.0378. The first-order valence-corrected chi connectivity index (χ1v) is 10.5. The summed E-state index contributed by atoms with van der Waals surface area (Å²) in [4.78, 5) is 6.60. The second-order valence-electron chi connectivity index (χ2n) is 7.05. The highest BCUT2D eigenvalue weighted by Crippen LogP contribution is 2.27. The molecule has 1 saturated heterocycles. The molecule has 3 heterocycles. The fraction of sp³-hybridized carbons (Fsp3) is 0.364. The molecule has 0 aliphatic carbocycles. The molecule has 162 valence electrons. The maximum Gasteiger partial charge on any atom is 0.266 e. The molecule has 3 aromatic rings. The Morgan fingerprint density at radius 3 is 2.71 bits per heavy atom. The first kappa shape index (κ1) is 21.2. The van der Waals surface area contributed by atoms with E-state index in [9.17, 15) is 5.26 Å². The number of hydrogen-bond donors (Lipinski definition) is 1. The summed E-state index contributed by atoms with van der Waals surface area (Å²) in [5.41, 5.74) is 0.205. The van der Waals surface area contributed by atoms with Crippen LogP contribution in [-0.2, 0) is 11.3 Å². The minimum Gasteiger partial charge on any atom is -0.486 e. The van der Waals surface area contributed by atoms with Gasteiger partial charge in [-0.1, -0.05) is 11.6 Å². The number of aromatic nitrogens is 1. The lowest BCUT2D eigenvalue weighted by Gasteiger charge is -2.26. The quantitative estimate of drug-likeness (QED) is 0.493. The predicted molar refractivity (Wildman–Crippen MR) is 115 cm³/mol. The number of rotatable bonds is 9. The molecule has 8 nitrogen and oxygen atoms in total. The Morgan fingerprint density at radius 2 is 1.94 bits per heavy atom. The number of nitrogens with one attached hydrogen (secondary N) is 1. The third-order valence-corrected chi connectivity index (χ3v) is 5.09. The van der Waals surface area contributed by atoms with Gasteiger partial charge in [0.05, 0.1) is 13.2 Å². The molecule has 1 aliphatic heterocycles. The van der Waals surface area contributed by atoms with Crippen LogP contribution in [0, 0.1) is 11.3 Å². The van der Waals surface area contributed by atoms with Crippen LogP contribution in [0.4, 0.5) is 5.88 Å². The highest BCUT2D eigenvalue weighted by atomic mass is 35.5. The van der Waals surface area contributed by atoms with E-state index >= 15 is 0 Å². The van der Waals surface area contributed by atoms with Crippen molar-refractivity contribution < 1.29 is 18.3 Å². The van der Waals surface area contributed by atoms with Gasteiger partial charge < -0.3 is 23.6 Å². The number of hydrogen-bond acceptors (Lipinski definition) is 8. The van der Waals surface area contributed by atoms with Crippen LogP contribution in [0.15, 0.2) is 45.2 Å². The Balaban J connectivity index is 1.31. The smallest absolute Gasteiger partial charge is 0.266 e. The summed E-state index contributed by atoms with van der Waals surface area (Å²) in [6.45, 7) is 5.38. The minimum atomic E-state index is 0.205. The number of furan rings is 1. The summed E-state index contributed by atoms with van der Waals surface area (Å²) >= 11 is 5.88. The number of anilines is 1. The monoisotopic (exact) mass is 442 g/mol. The first-order valence-electron chi connectivity index (χ1n) is 10.1. The van der Waals surface area contributed by atoms with Crippen molar-refractivity contribution in [2.24, 2.45) is 0 Å². The molecule has 0 amide bonds. The minimum absolute atomic E-state index is 0.205. The van der Waals surface area contributed by atoms with Gasteiger partial charge in [-0.05, 0) is 49.4 Å². The number of nitriles is 1. The van der Waals surface area contributed by atoms with E-state index in [4.69, 9.17) is 29.9 Å². The molecule has 0 radical (unpaired) electrons. The summed E-state index contributed by atoms with van der Waals surface area (Å²) in [6, 6.07) is 12.7. The van der Waals surface area contributed by atoms with Crippen LogP contribution in [0.25, 0.3) is 11.7 Å². The lowest BCUT2D eigenvalue weighted by Crippen LogP contribution is -2.37. The number of benzene rings is 1. The molecule has 0 spiro atoms. The Hall–Kier alpha value is -2.99. The molecule has 1 fully saturated rings. The van der Waals surface area contributed by atoms with Crippen molar-refractivity contribution in [1.82, 2.24) is 9.88 Å². The van der Waals surface area contributed by atoms with E-state index in [2.05, 4.69) is 21.3 Å². The van der Waals surface area contributed by atoms with E-state index < -0.39 is 0 Å². The normalized spacial score (nSPS) is 14.3. The zero-order valence-corrected chi connectivity index (χ0v) is 17.7. The fourth-order valence-corrected chi connectivity index (χ4v) is 3.33. The largest absolute Gasteiger partial charge is 0.486 e. The molecule has 1 aliphatic rings. The molecule has 2 aromatic heterocycles. The first-order chi connectivity index (χ1) is 15.2. The number of ether oxygens (including phenoxy) is 2. The molecule has 4 rings (SSSR count). The Bertz CT molecular complexity index is 1020. The molecule has 9 heteroatoms. The fourth-order valence-electron chi connectivity index (χ4n) is 3.21. The number of halogens is 1. The van der Waals surface area contributed by atoms with Gasteiger partial charge in [-0.3, -0.25) is 4.90 Å². The summed E-state index contributed by atoms with van der Waals surface area (Å²) < 4.78 is 22.6. The second kappa shape index (κ2) is 10.4. The third kappa shape index (κ3) is 5.79. The zero-order chi connectivity index (χ0) is 21.5. The molecular formula is C22H23ClN4O4. The maximum absolute atomic E-state index is 9.38. The van der Waals surface area contributed by atoms with Gasteiger partial charge >= 0.3 is 0 Å². The Labute approximate surface area is 185 Å². The van der Waals surface area contributed by atoms with Crippen molar-refractivity contribution in [2.75, 3.05) is 44.7 Å². The van der Waals surface area contributed by atoms with Crippen LogP contribution < -0.4 is 10.1 Å². The zero-order valence-electron chi connectivity index (χ0n) is 17.0. The molecule has 0 saturated carbocycles. The Morgan fingerprint density at radius 1 is 1.13 bits per heavy atom. The van der Waals surface area contributed by atoms with E-state index in [0.717, 1.165) is 39.3 Å². The van der Waals surface area contributed by atoms with Crippen molar-refractivity contribution in [3.8, 4) is 23.5 Å². The SMILES string of the molecule is N#Cc1nc(-c2ccc(COc3ccc(Cl)cc3)o2)oc1NCCCN1CCOCC1. The van der Waals surface area contributed by atoms with E-state index in [-0.39, 0.29) is 18.2 Å². The van der Waals surface area contributed by atoms with Crippen LogP contribution in [0.5, 0.6) is 5.75 Å². The van der Waals surface area contributed by atoms with Gasteiger partial charge in [0.1, 0.15) is 24.2 Å². The molecule has 0 atom stereocenters. The van der Waals surface area contributed by atoms with E-state index in [0.29, 0.717) is 34.7 Å². The molecule has 31 heavy (non-hydrogen) atoms. The molecule has 0 bridgehead atoms. The summed E-state index contributed by atoms with van der Waals surface area (Å²) in [6.07, 6.45) is 0.924. The van der Waals surface area contributed by atoms with Crippen LogP contribution in [-0.4, -0.2) is 49.3 Å². The van der Waals surface area contributed by atoms with Crippen molar-refractivity contribution >= 4 is 17.5 Å². The predicted octanol–water partition coefficient (Wildman–Crippen LogP) is 4.17. The highest BCUT2D eigenvalue weighted by Gasteiger charge is 2.17. The Kier molecular flexibility index (Phi) is 7.10. The van der Waals surface area contributed by atoms with E-state index in [1.165, 1.54) is 0 Å². The topological polar surface area (TPSA) is 96.7 Å². The van der Waals surface area contributed by atoms with Gasteiger partial charge in [-0.2, -0.15) is 10.2 Å². The van der Waals surface area contributed by atoms with E-state index in [1.54, 1.807) is 36.4 Å². The van der Waals surface area contributed by atoms with Crippen LogP contribution >= 0.6 is 11.6 Å².